The molecule has 2 rings (SSSR count). The molecule has 0 unspecified atom stereocenters. The van der Waals surface area contributed by atoms with E-state index in [9.17, 15) is 9.59 Å². The number of carbonyl (C=O) groups excluding carboxylic acids is 2. The van der Waals surface area contributed by atoms with Gasteiger partial charge in [0, 0.05) is 26.9 Å². The highest BCUT2D eigenvalue weighted by Crippen LogP contribution is 2.09. The first-order valence-electron chi connectivity index (χ1n) is 6.14. The van der Waals surface area contributed by atoms with Gasteiger partial charge in [-0.3, -0.25) is 14.0 Å². The van der Waals surface area contributed by atoms with E-state index >= 15 is 0 Å². The summed E-state index contributed by atoms with van der Waals surface area (Å²) in [6, 6.07) is 5.12. The average molecular weight is 276 g/mol. The van der Waals surface area contributed by atoms with Gasteiger partial charge in [-0.15, -0.1) is 0 Å². The number of rotatable bonds is 5. The predicted octanol–water partition coefficient (Wildman–Crippen LogP) is 0.0701. The highest BCUT2D eigenvalue weighted by Gasteiger charge is 2.14. The van der Waals surface area contributed by atoms with Crippen molar-refractivity contribution < 1.29 is 14.3 Å². The van der Waals surface area contributed by atoms with Crippen LogP contribution in [0.15, 0.2) is 24.4 Å². The first kappa shape index (κ1) is 14.0. The van der Waals surface area contributed by atoms with Crippen LogP contribution < -0.4 is 10.6 Å². The largest absolute Gasteiger partial charge is 0.383 e. The summed E-state index contributed by atoms with van der Waals surface area (Å²) in [4.78, 5) is 27.8. The summed E-state index contributed by atoms with van der Waals surface area (Å²) >= 11 is 0. The van der Waals surface area contributed by atoms with Gasteiger partial charge in [-0.2, -0.15) is 0 Å². The predicted molar refractivity (Wildman–Crippen MR) is 72.8 cm³/mol. The Balaban J connectivity index is 2.29. The average Bonchev–Trinajstić information content (AvgIpc) is 2.90. The number of nitrogens with one attached hydrogen (secondary N) is 2. The lowest BCUT2D eigenvalue weighted by Gasteiger charge is -2.02. The van der Waals surface area contributed by atoms with E-state index in [0.717, 1.165) is 0 Å². The molecule has 0 aliphatic rings. The van der Waals surface area contributed by atoms with Gasteiger partial charge in [-0.05, 0) is 12.1 Å². The third kappa shape index (κ3) is 2.77. The standard InChI is InChI=1S/C13H16N4O3/c1-14-13(19)10-4-3-5-11-16-9(8-17(10)11)12(18)15-6-7-20-2/h3-5,8H,6-7H2,1-2H3,(H,14,19)(H,15,18). The zero-order valence-corrected chi connectivity index (χ0v) is 11.3. The molecule has 7 heteroatoms. The summed E-state index contributed by atoms with van der Waals surface area (Å²) in [6.07, 6.45) is 1.54. The molecule has 2 N–H and O–H groups in total. The molecule has 0 atom stereocenters. The van der Waals surface area contributed by atoms with Crippen LogP contribution in [0.25, 0.3) is 5.65 Å². The lowest BCUT2D eigenvalue weighted by atomic mass is 10.3. The summed E-state index contributed by atoms with van der Waals surface area (Å²) in [5, 5.41) is 5.23. The number of carbonyl (C=O) groups is 2. The Morgan fingerprint density at radius 1 is 1.35 bits per heavy atom. The van der Waals surface area contributed by atoms with Crippen molar-refractivity contribution in [3.05, 3.63) is 35.8 Å². The molecule has 0 bridgehead atoms. The summed E-state index contributed by atoms with van der Waals surface area (Å²) in [5.41, 5.74) is 1.23. The van der Waals surface area contributed by atoms with Crippen LogP contribution in [-0.4, -0.2) is 48.5 Å². The van der Waals surface area contributed by atoms with Gasteiger partial charge in [-0.25, -0.2) is 4.98 Å². The second kappa shape index (κ2) is 6.16. The van der Waals surface area contributed by atoms with Crippen molar-refractivity contribution in [2.75, 3.05) is 27.3 Å². The third-order valence-electron chi connectivity index (χ3n) is 2.78. The summed E-state index contributed by atoms with van der Waals surface area (Å²) in [7, 11) is 3.11. The molecule has 20 heavy (non-hydrogen) atoms. The minimum Gasteiger partial charge on any atom is -0.383 e. The van der Waals surface area contributed by atoms with Gasteiger partial charge < -0.3 is 15.4 Å². The number of aromatic nitrogens is 2. The second-order valence-corrected chi connectivity index (χ2v) is 4.09. The highest BCUT2D eigenvalue weighted by molar-refractivity contribution is 5.95. The normalized spacial score (nSPS) is 10.5. The van der Waals surface area contributed by atoms with E-state index in [1.807, 2.05) is 0 Å². The Morgan fingerprint density at radius 2 is 2.15 bits per heavy atom. The summed E-state index contributed by atoms with van der Waals surface area (Å²) in [6.45, 7) is 0.841. The molecule has 2 aromatic heterocycles. The first-order chi connectivity index (χ1) is 9.67. The van der Waals surface area contributed by atoms with Crippen molar-refractivity contribution in [2.45, 2.75) is 0 Å². The minimum absolute atomic E-state index is 0.237. The molecule has 2 amide bonds. The van der Waals surface area contributed by atoms with E-state index in [0.29, 0.717) is 24.5 Å². The molecule has 0 saturated heterocycles. The molecule has 0 saturated carbocycles. The van der Waals surface area contributed by atoms with E-state index in [2.05, 4.69) is 15.6 Å². The molecule has 2 heterocycles. The molecule has 7 nitrogen and oxygen atoms in total. The minimum atomic E-state index is -0.298. The van der Waals surface area contributed by atoms with Crippen LogP contribution >= 0.6 is 0 Å². The zero-order chi connectivity index (χ0) is 14.5. The highest BCUT2D eigenvalue weighted by atomic mass is 16.5. The molecule has 0 aliphatic carbocycles. The van der Waals surface area contributed by atoms with Crippen molar-refractivity contribution in [3.63, 3.8) is 0 Å². The van der Waals surface area contributed by atoms with Crippen molar-refractivity contribution in [3.8, 4) is 0 Å². The lowest BCUT2D eigenvalue weighted by molar-refractivity contribution is 0.0929. The van der Waals surface area contributed by atoms with Crippen LogP contribution in [0.3, 0.4) is 0 Å². The zero-order valence-electron chi connectivity index (χ0n) is 11.3. The maximum absolute atomic E-state index is 11.9. The Labute approximate surface area is 115 Å². The quantitative estimate of drug-likeness (QED) is 0.757. The number of ether oxygens (including phenoxy) is 1. The summed E-state index contributed by atoms with van der Waals surface area (Å²) < 4.78 is 6.45. The molecule has 0 fully saturated rings. The van der Waals surface area contributed by atoms with Crippen LogP contribution in [0.2, 0.25) is 0 Å². The smallest absolute Gasteiger partial charge is 0.271 e. The SMILES string of the molecule is CNC(=O)c1cccc2nc(C(=O)NCCOC)cn12. The van der Waals surface area contributed by atoms with Gasteiger partial charge in [0.1, 0.15) is 17.0 Å². The maximum Gasteiger partial charge on any atom is 0.271 e. The first-order valence-corrected chi connectivity index (χ1v) is 6.14. The molecule has 0 aromatic carbocycles. The van der Waals surface area contributed by atoms with Gasteiger partial charge in [0.15, 0.2) is 0 Å². The molecular weight excluding hydrogens is 260 g/mol. The Morgan fingerprint density at radius 3 is 2.85 bits per heavy atom. The number of methoxy groups -OCH3 is 1. The van der Waals surface area contributed by atoms with E-state index in [1.165, 1.54) is 0 Å². The molecule has 0 aliphatic heterocycles. The number of pyridine rings is 1. The van der Waals surface area contributed by atoms with Crippen LogP contribution in [0, 0.1) is 0 Å². The van der Waals surface area contributed by atoms with E-state index in [4.69, 9.17) is 4.74 Å². The lowest BCUT2D eigenvalue weighted by Crippen LogP contribution is -2.27. The second-order valence-electron chi connectivity index (χ2n) is 4.09. The van der Waals surface area contributed by atoms with Crippen LogP contribution in [-0.2, 0) is 4.74 Å². The molecule has 2 aromatic rings. The monoisotopic (exact) mass is 276 g/mol. The fourth-order valence-electron chi connectivity index (χ4n) is 1.79. The fourth-order valence-corrected chi connectivity index (χ4v) is 1.79. The van der Waals surface area contributed by atoms with Crippen LogP contribution in [0.1, 0.15) is 21.0 Å². The fraction of sp³-hybridized carbons (Fsp3) is 0.308. The van der Waals surface area contributed by atoms with Crippen molar-refractivity contribution >= 4 is 17.5 Å². The Hall–Kier alpha value is -2.41. The summed E-state index contributed by atoms with van der Waals surface area (Å²) in [5.74, 6) is -0.534. The van der Waals surface area contributed by atoms with E-state index < -0.39 is 0 Å². The molecule has 0 spiro atoms. The van der Waals surface area contributed by atoms with Gasteiger partial charge in [0.05, 0.1) is 6.61 Å². The van der Waals surface area contributed by atoms with Crippen molar-refractivity contribution in [2.24, 2.45) is 0 Å². The number of imidazole rings is 1. The van der Waals surface area contributed by atoms with Crippen LogP contribution in [0.4, 0.5) is 0 Å². The van der Waals surface area contributed by atoms with Crippen LogP contribution in [0.5, 0.6) is 0 Å². The number of amides is 2. The topological polar surface area (TPSA) is 84.7 Å². The van der Waals surface area contributed by atoms with E-state index in [1.54, 1.807) is 43.0 Å². The Bertz CT molecular complexity index is 636. The third-order valence-corrected chi connectivity index (χ3v) is 2.78. The number of fused-ring (bicyclic) bond motifs is 1. The Kier molecular flexibility index (Phi) is 4.31. The van der Waals surface area contributed by atoms with Crippen molar-refractivity contribution in [1.29, 1.82) is 0 Å². The van der Waals surface area contributed by atoms with Gasteiger partial charge in [0.25, 0.3) is 11.8 Å². The molecular formula is C13H16N4O3. The van der Waals surface area contributed by atoms with Gasteiger partial charge in [-0.1, -0.05) is 6.07 Å². The number of nitrogens with zero attached hydrogens (tertiary/aromatic N) is 2. The number of hydrogen-bond acceptors (Lipinski definition) is 4. The van der Waals surface area contributed by atoms with Gasteiger partial charge >= 0.3 is 0 Å². The van der Waals surface area contributed by atoms with Gasteiger partial charge in [0.2, 0.25) is 0 Å². The maximum atomic E-state index is 11.9. The molecule has 106 valence electrons. The number of hydrogen-bond donors (Lipinski definition) is 2. The van der Waals surface area contributed by atoms with E-state index in [-0.39, 0.29) is 17.5 Å². The molecule has 0 radical (unpaired) electrons. The van der Waals surface area contributed by atoms with Crippen molar-refractivity contribution in [1.82, 2.24) is 20.0 Å².